The minimum Gasteiger partial charge on any atom is -0.399 e. The number of ketones is 1. The number of hydrogen-bond acceptors (Lipinski definition) is 5. The van der Waals surface area contributed by atoms with Crippen molar-refractivity contribution in [1.82, 2.24) is 0 Å². The molecule has 2 bridgehead atoms. The zero-order chi connectivity index (χ0) is 24.4. The maximum atomic E-state index is 13.4. The molecule has 0 spiro atoms. The molecule has 4 saturated carbocycles. The van der Waals surface area contributed by atoms with E-state index in [0.717, 1.165) is 50.4 Å². The van der Waals surface area contributed by atoms with Gasteiger partial charge in [0.15, 0.2) is 9.84 Å². The van der Waals surface area contributed by atoms with Gasteiger partial charge in [-0.2, -0.15) is 0 Å². The van der Waals surface area contributed by atoms with E-state index >= 15 is 0 Å². The van der Waals surface area contributed by atoms with Gasteiger partial charge in [0, 0.05) is 11.8 Å². The first-order chi connectivity index (χ1) is 15.9. The van der Waals surface area contributed by atoms with Crippen LogP contribution in [0.4, 0.5) is 0 Å². The van der Waals surface area contributed by atoms with Crippen molar-refractivity contribution in [3.63, 3.8) is 0 Å². The first-order valence-electron chi connectivity index (χ1n) is 13.1. The number of carbonyl (C=O) groups excluding carboxylic acids is 1. The molecule has 1 aliphatic heterocycles. The Bertz CT molecular complexity index is 1010. The smallest absolute Gasteiger partial charge is 0.399 e. The monoisotopic (exact) mass is 486 g/mol. The van der Waals surface area contributed by atoms with Crippen LogP contribution < -0.4 is 5.46 Å². The van der Waals surface area contributed by atoms with E-state index in [1.165, 1.54) is 19.3 Å². The zero-order valence-electron chi connectivity index (χ0n) is 21.2. The van der Waals surface area contributed by atoms with Crippen molar-refractivity contribution in [1.29, 1.82) is 0 Å². The number of benzene rings is 1. The highest BCUT2D eigenvalue weighted by atomic mass is 32.2. The highest BCUT2D eigenvalue weighted by Crippen LogP contribution is 2.58. The third-order valence-corrected chi connectivity index (χ3v) is 11.9. The lowest BCUT2D eigenvalue weighted by atomic mass is 9.52. The molecule has 0 aromatic heterocycles. The Morgan fingerprint density at radius 1 is 0.912 bits per heavy atom. The lowest BCUT2D eigenvalue weighted by molar-refractivity contribution is -0.138. The van der Waals surface area contributed by atoms with Gasteiger partial charge in [-0.25, -0.2) is 8.42 Å². The van der Waals surface area contributed by atoms with E-state index in [0.29, 0.717) is 16.6 Å². The first kappa shape index (κ1) is 24.5. The molecule has 5 nitrogen and oxygen atoms in total. The predicted molar refractivity (Wildman–Crippen MR) is 134 cm³/mol. The van der Waals surface area contributed by atoms with Gasteiger partial charge in [-0.3, -0.25) is 4.79 Å². The Labute approximate surface area is 205 Å². The summed E-state index contributed by atoms with van der Waals surface area (Å²) in [6.45, 7) is 8.04. The lowest BCUT2D eigenvalue weighted by Crippen LogP contribution is -2.48. The number of hydrogen-bond donors (Lipinski definition) is 0. The average molecular weight is 486 g/mol. The fourth-order valence-electron chi connectivity index (χ4n) is 6.37. The molecule has 0 N–H and O–H groups in total. The third-order valence-electron chi connectivity index (χ3n) is 9.95. The van der Waals surface area contributed by atoms with Crippen molar-refractivity contribution in [3.05, 3.63) is 24.3 Å². The minimum atomic E-state index is -3.41. The maximum absolute atomic E-state index is 13.4. The van der Waals surface area contributed by atoms with Crippen LogP contribution in [0.25, 0.3) is 0 Å². The number of carbonyl (C=O) groups is 1. The first-order valence-corrected chi connectivity index (χ1v) is 14.7. The molecule has 1 saturated heterocycles. The summed E-state index contributed by atoms with van der Waals surface area (Å²) in [6.07, 6.45) is 9.61. The quantitative estimate of drug-likeness (QED) is 0.515. The summed E-state index contributed by atoms with van der Waals surface area (Å²) in [6, 6.07) is 7.03. The second-order valence-electron chi connectivity index (χ2n) is 12.6. The molecule has 34 heavy (non-hydrogen) atoms. The fraction of sp³-hybridized carbons (Fsp3) is 0.741. The fourth-order valence-corrected chi connectivity index (χ4v) is 8.33. The van der Waals surface area contributed by atoms with Crippen LogP contribution in [0, 0.1) is 16.7 Å². The van der Waals surface area contributed by atoms with Crippen molar-refractivity contribution in [2.24, 2.45) is 16.7 Å². The van der Waals surface area contributed by atoms with Gasteiger partial charge >= 0.3 is 7.12 Å². The van der Waals surface area contributed by atoms with Gasteiger partial charge < -0.3 is 9.31 Å². The van der Waals surface area contributed by atoms with Gasteiger partial charge in [0.05, 0.1) is 21.9 Å². The molecule has 0 atom stereocenters. The molecular formula is C27H39BO5S. The summed E-state index contributed by atoms with van der Waals surface area (Å²) in [5.41, 5.74) is -0.371. The summed E-state index contributed by atoms with van der Waals surface area (Å²) in [7, 11) is -3.91. The van der Waals surface area contributed by atoms with Crippen molar-refractivity contribution in [2.75, 3.05) is 5.75 Å². The van der Waals surface area contributed by atoms with Gasteiger partial charge in [0.2, 0.25) is 0 Å². The van der Waals surface area contributed by atoms with Crippen LogP contribution in [0.5, 0.6) is 0 Å². The van der Waals surface area contributed by atoms with Crippen molar-refractivity contribution in [2.45, 2.75) is 108 Å². The van der Waals surface area contributed by atoms with E-state index < -0.39 is 28.2 Å². The molecule has 5 fully saturated rings. The number of Topliss-reactive ketones (excluding diaryl/α,β-unsaturated/α-hetero) is 1. The summed E-state index contributed by atoms with van der Waals surface area (Å²) in [5, 5.41) is 0. The van der Waals surface area contributed by atoms with E-state index in [-0.39, 0.29) is 16.6 Å². The summed E-state index contributed by atoms with van der Waals surface area (Å²) in [4.78, 5) is 13.4. The van der Waals surface area contributed by atoms with Crippen LogP contribution >= 0.6 is 0 Å². The molecule has 0 amide bonds. The minimum absolute atomic E-state index is 0.161. The topological polar surface area (TPSA) is 69.7 Å². The Balaban J connectivity index is 1.24. The van der Waals surface area contributed by atoms with Crippen LogP contribution in [0.15, 0.2) is 29.2 Å². The van der Waals surface area contributed by atoms with Crippen molar-refractivity contribution < 1.29 is 22.5 Å². The van der Waals surface area contributed by atoms with Gasteiger partial charge in [0.25, 0.3) is 0 Å². The van der Waals surface area contributed by atoms with Crippen molar-refractivity contribution >= 4 is 28.2 Å². The number of fused-ring (bicyclic) bond motifs is 3. The molecular weight excluding hydrogens is 447 g/mol. The summed E-state index contributed by atoms with van der Waals surface area (Å²) >= 11 is 0. The molecule has 186 valence electrons. The second-order valence-corrected chi connectivity index (χ2v) is 14.6. The van der Waals surface area contributed by atoms with Gasteiger partial charge in [-0.1, -0.05) is 31.4 Å². The van der Waals surface area contributed by atoms with E-state index in [4.69, 9.17) is 9.31 Å². The van der Waals surface area contributed by atoms with Crippen LogP contribution in [0.1, 0.15) is 91.9 Å². The molecule has 1 aromatic rings. The second kappa shape index (κ2) is 8.17. The SMILES string of the molecule is CC1(C)OB(c2ccc(S(=O)(=O)CC34CCC(C(=O)CC5CCC5)(CC3)CC4)cc2)OC1(C)C. The van der Waals surface area contributed by atoms with Crippen LogP contribution in [-0.4, -0.2) is 38.3 Å². The molecule has 6 rings (SSSR count). The molecule has 0 unspecified atom stereocenters. The Morgan fingerprint density at radius 3 is 1.91 bits per heavy atom. The summed E-state index contributed by atoms with van der Waals surface area (Å²) in [5.74, 6) is 1.26. The molecule has 7 heteroatoms. The molecule has 4 aliphatic carbocycles. The standard InChI is InChI=1S/C27H39BO5S/c1-24(2)25(3,4)33-28(32-24)21-8-10-22(11-9-21)34(30,31)19-26-12-15-27(16-13-26,17-14-26)23(29)18-20-6-5-7-20/h8-11,20H,5-7,12-19H2,1-4H3. The third kappa shape index (κ3) is 4.20. The molecule has 1 aromatic carbocycles. The predicted octanol–water partition coefficient (Wildman–Crippen LogP) is 4.86. The summed E-state index contributed by atoms with van der Waals surface area (Å²) < 4.78 is 39.0. The van der Waals surface area contributed by atoms with Crippen LogP contribution in [0.2, 0.25) is 0 Å². The van der Waals surface area contributed by atoms with E-state index in [1.54, 1.807) is 12.1 Å². The Kier molecular flexibility index (Phi) is 5.89. The average Bonchev–Trinajstić information content (AvgIpc) is 2.98. The lowest BCUT2D eigenvalue weighted by Gasteiger charge is -2.53. The molecule has 0 radical (unpaired) electrons. The van der Waals surface area contributed by atoms with Crippen molar-refractivity contribution in [3.8, 4) is 0 Å². The highest BCUT2D eigenvalue weighted by molar-refractivity contribution is 7.91. The number of sulfone groups is 1. The van der Waals surface area contributed by atoms with Crippen LogP contribution in [0.3, 0.4) is 0 Å². The molecule has 1 heterocycles. The van der Waals surface area contributed by atoms with Gasteiger partial charge in [0.1, 0.15) is 5.78 Å². The molecule has 5 aliphatic rings. The normalized spacial score (nSPS) is 32.5. The highest BCUT2D eigenvalue weighted by Gasteiger charge is 2.54. The number of rotatable bonds is 7. The maximum Gasteiger partial charge on any atom is 0.494 e. The Morgan fingerprint density at radius 2 is 1.44 bits per heavy atom. The van der Waals surface area contributed by atoms with Gasteiger partial charge in [-0.05, 0) is 95.1 Å². The van der Waals surface area contributed by atoms with E-state index in [9.17, 15) is 13.2 Å². The zero-order valence-corrected chi connectivity index (χ0v) is 22.0. The van der Waals surface area contributed by atoms with Crippen LogP contribution in [-0.2, 0) is 23.9 Å². The largest absolute Gasteiger partial charge is 0.494 e. The van der Waals surface area contributed by atoms with Gasteiger partial charge in [-0.15, -0.1) is 0 Å². The Hall–Kier alpha value is -1.18. The van der Waals surface area contributed by atoms with E-state index in [1.807, 2.05) is 39.8 Å². The van der Waals surface area contributed by atoms with E-state index in [2.05, 4.69) is 0 Å².